The molecule has 2 aromatic heterocycles. The predicted octanol–water partition coefficient (Wildman–Crippen LogP) is 3.71. The summed E-state index contributed by atoms with van der Waals surface area (Å²) in [6.45, 7) is 2.00. The summed E-state index contributed by atoms with van der Waals surface area (Å²) >= 11 is 0. The molecule has 0 saturated heterocycles. The van der Waals surface area contributed by atoms with Crippen LogP contribution in [0.25, 0.3) is 39.4 Å². The van der Waals surface area contributed by atoms with Gasteiger partial charge in [-0.05, 0) is 37.3 Å². The van der Waals surface area contributed by atoms with Crippen LogP contribution in [0.3, 0.4) is 0 Å². The second-order valence-electron chi connectivity index (χ2n) is 7.32. The molecule has 0 aliphatic rings. The Labute approximate surface area is 181 Å². The van der Waals surface area contributed by atoms with Crippen LogP contribution in [0.2, 0.25) is 0 Å². The highest BCUT2D eigenvalue weighted by Crippen LogP contribution is 2.24. The topological polar surface area (TPSA) is 103 Å². The summed E-state index contributed by atoms with van der Waals surface area (Å²) in [5.41, 5.74) is 2.37. The molecule has 5 aromatic rings. The molecule has 0 amide bonds. The summed E-state index contributed by atoms with van der Waals surface area (Å²) in [7, 11) is 1.52. The number of aromatic amines is 1. The minimum atomic E-state index is -0.557. The van der Waals surface area contributed by atoms with E-state index in [0.717, 1.165) is 15.7 Å². The first-order chi connectivity index (χ1) is 15.5. The van der Waals surface area contributed by atoms with Crippen LogP contribution in [0.4, 0.5) is 0 Å². The normalized spacial score (nSPS) is 11.1. The second-order valence-corrected chi connectivity index (χ2v) is 7.32. The van der Waals surface area contributed by atoms with Crippen LogP contribution in [0.5, 0.6) is 5.75 Å². The van der Waals surface area contributed by atoms with Crippen molar-refractivity contribution >= 4 is 10.9 Å². The predicted molar refractivity (Wildman–Crippen MR) is 120 cm³/mol. The third kappa shape index (κ3) is 3.37. The Hall–Kier alpha value is -4.46. The lowest BCUT2D eigenvalue weighted by Crippen LogP contribution is -2.33. The van der Waals surface area contributed by atoms with Crippen molar-refractivity contribution in [2.24, 2.45) is 0 Å². The largest absolute Gasteiger partial charge is 0.497 e. The van der Waals surface area contributed by atoms with Crippen molar-refractivity contribution in [2.75, 3.05) is 7.11 Å². The molecule has 158 valence electrons. The van der Waals surface area contributed by atoms with Crippen LogP contribution in [0.1, 0.15) is 5.56 Å². The van der Waals surface area contributed by atoms with Crippen molar-refractivity contribution in [1.82, 2.24) is 19.7 Å². The van der Waals surface area contributed by atoms with Crippen molar-refractivity contribution < 1.29 is 9.26 Å². The molecule has 0 aliphatic heterocycles. The molecular weight excluding hydrogens is 408 g/mol. The molecule has 0 aliphatic carbocycles. The summed E-state index contributed by atoms with van der Waals surface area (Å²) < 4.78 is 11.7. The van der Waals surface area contributed by atoms with E-state index >= 15 is 0 Å². The first-order valence-electron chi connectivity index (χ1n) is 9.88. The van der Waals surface area contributed by atoms with E-state index in [-0.39, 0.29) is 0 Å². The molecule has 5 rings (SSSR count). The number of nitrogens with zero attached hydrogens (tertiary/aromatic N) is 3. The maximum absolute atomic E-state index is 13.1. The Morgan fingerprint density at radius 2 is 1.75 bits per heavy atom. The fourth-order valence-corrected chi connectivity index (χ4v) is 3.50. The maximum Gasteiger partial charge on any atom is 0.333 e. The number of ether oxygens (including phenoxy) is 1. The quantitative estimate of drug-likeness (QED) is 0.470. The number of hydrogen-bond donors (Lipinski definition) is 1. The van der Waals surface area contributed by atoms with Crippen LogP contribution in [0.15, 0.2) is 80.8 Å². The fraction of sp³-hybridized carbons (Fsp3) is 0.0833. The van der Waals surface area contributed by atoms with Crippen molar-refractivity contribution in [1.29, 1.82) is 0 Å². The van der Waals surface area contributed by atoms with Gasteiger partial charge < -0.3 is 14.2 Å². The summed E-state index contributed by atoms with van der Waals surface area (Å²) in [6.07, 6.45) is 0. The van der Waals surface area contributed by atoms with E-state index in [1.54, 1.807) is 42.5 Å². The van der Waals surface area contributed by atoms with E-state index in [1.165, 1.54) is 7.11 Å². The van der Waals surface area contributed by atoms with Gasteiger partial charge in [0, 0.05) is 17.2 Å². The van der Waals surface area contributed by atoms with Crippen LogP contribution in [-0.2, 0) is 0 Å². The smallest absolute Gasteiger partial charge is 0.333 e. The standard InChI is InChI=1S/C24H18N4O4/c1-14-6-8-15(9-7-14)21-26-22(32-27-21)16-10-11-19-20(12-16)25-24(30)28(23(19)29)17-4-3-5-18(13-17)31-2/h3-13H,1-2H3,(H,25,30). The molecule has 0 fully saturated rings. The highest BCUT2D eigenvalue weighted by Gasteiger charge is 2.14. The molecule has 8 heteroatoms. The minimum absolute atomic E-state index is 0.292. The Morgan fingerprint density at radius 3 is 2.53 bits per heavy atom. The number of H-pyrrole nitrogens is 1. The van der Waals surface area contributed by atoms with Gasteiger partial charge in [-0.1, -0.05) is 41.1 Å². The molecule has 32 heavy (non-hydrogen) atoms. The molecule has 8 nitrogen and oxygen atoms in total. The zero-order valence-corrected chi connectivity index (χ0v) is 17.3. The maximum atomic E-state index is 13.1. The lowest BCUT2D eigenvalue weighted by Gasteiger charge is -2.08. The van der Waals surface area contributed by atoms with Crippen molar-refractivity contribution in [3.63, 3.8) is 0 Å². The fourth-order valence-electron chi connectivity index (χ4n) is 3.50. The van der Waals surface area contributed by atoms with Crippen LogP contribution in [0, 0.1) is 6.92 Å². The number of nitrogens with one attached hydrogen (secondary N) is 1. The van der Waals surface area contributed by atoms with Gasteiger partial charge in [0.2, 0.25) is 5.82 Å². The van der Waals surface area contributed by atoms with E-state index in [4.69, 9.17) is 9.26 Å². The van der Waals surface area contributed by atoms with Crippen molar-refractivity contribution in [2.45, 2.75) is 6.92 Å². The third-order valence-corrected chi connectivity index (χ3v) is 5.19. The SMILES string of the molecule is COc1cccc(-n2c(=O)[nH]c3cc(-c4nc(-c5ccc(C)cc5)no4)ccc3c2=O)c1. The first-order valence-corrected chi connectivity index (χ1v) is 9.88. The average molecular weight is 426 g/mol. The Morgan fingerprint density at radius 1 is 0.969 bits per heavy atom. The average Bonchev–Trinajstić information content (AvgIpc) is 3.30. The van der Waals surface area contributed by atoms with E-state index in [2.05, 4.69) is 15.1 Å². The van der Waals surface area contributed by atoms with Gasteiger partial charge >= 0.3 is 5.69 Å². The lowest BCUT2D eigenvalue weighted by molar-refractivity contribution is 0.414. The number of methoxy groups -OCH3 is 1. The van der Waals surface area contributed by atoms with Crippen LogP contribution < -0.4 is 16.0 Å². The molecule has 1 N–H and O–H groups in total. The molecule has 0 unspecified atom stereocenters. The molecule has 2 heterocycles. The van der Waals surface area contributed by atoms with Gasteiger partial charge in [-0.2, -0.15) is 4.98 Å². The van der Waals surface area contributed by atoms with Gasteiger partial charge in [0.05, 0.1) is 23.7 Å². The van der Waals surface area contributed by atoms with E-state index in [0.29, 0.717) is 39.6 Å². The highest BCUT2D eigenvalue weighted by atomic mass is 16.5. The van der Waals surface area contributed by atoms with E-state index in [9.17, 15) is 9.59 Å². The van der Waals surface area contributed by atoms with Crippen molar-refractivity contribution in [3.8, 4) is 34.3 Å². The first kappa shape index (κ1) is 19.5. The second kappa shape index (κ2) is 7.66. The molecule has 0 bridgehead atoms. The Kier molecular flexibility index (Phi) is 4.67. The molecular formula is C24H18N4O4. The zero-order valence-electron chi connectivity index (χ0n) is 17.3. The summed E-state index contributed by atoms with van der Waals surface area (Å²) in [6, 6.07) is 19.5. The minimum Gasteiger partial charge on any atom is -0.497 e. The van der Waals surface area contributed by atoms with Gasteiger partial charge in [0.15, 0.2) is 0 Å². The van der Waals surface area contributed by atoms with Gasteiger partial charge in [-0.25, -0.2) is 9.36 Å². The summed E-state index contributed by atoms with van der Waals surface area (Å²) in [4.78, 5) is 33.0. The number of aryl methyl sites for hydroxylation is 1. The van der Waals surface area contributed by atoms with Crippen molar-refractivity contribution in [3.05, 3.63) is 93.1 Å². The number of benzene rings is 3. The van der Waals surface area contributed by atoms with Crippen LogP contribution >= 0.6 is 0 Å². The van der Waals surface area contributed by atoms with E-state index in [1.807, 2.05) is 31.2 Å². The number of fused-ring (bicyclic) bond motifs is 1. The Bertz CT molecular complexity index is 1560. The highest BCUT2D eigenvalue weighted by molar-refractivity contribution is 5.82. The molecule has 0 spiro atoms. The van der Waals surface area contributed by atoms with Gasteiger partial charge in [0.1, 0.15) is 5.75 Å². The summed E-state index contributed by atoms with van der Waals surface area (Å²) in [5, 5.41) is 4.40. The van der Waals surface area contributed by atoms with E-state index < -0.39 is 11.2 Å². The third-order valence-electron chi connectivity index (χ3n) is 5.19. The molecule has 0 radical (unpaired) electrons. The molecule has 0 atom stereocenters. The monoisotopic (exact) mass is 426 g/mol. The number of aromatic nitrogens is 4. The van der Waals surface area contributed by atoms with Crippen LogP contribution in [-0.4, -0.2) is 26.8 Å². The zero-order chi connectivity index (χ0) is 22.2. The molecule has 0 saturated carbocycles. The lowest BCUT2D eigenvalue weighted by atomic mass is 10.1. The number of hydrogen-bond acceptors (Lipinski definition) is 6. The van der Waals surface area contributed by atoms with Gasteiger partial charge in [-0.15, -0.1) is 0 Å². The molecule has 3 aromatic carbocycles. The summed E-state index contributed by atoms with van der Waals surface area (Å²) in [5.74, 6) is 1.30. The van der Waals surface area contributed by atoms with Gasteiger partial charge in [-0.3, -0.25) is 4.79 Å². The van der Waals surface area contributed by atoms with Gasteiger partial charge in [0.25, 0.3) is 11.4 Å². The number of rotatable bonds is 4. The Balaban J connectivity index is 1.58.